The third-order valence-electron chi connectivity index (χ3n) is 0.715. The van der Waals surface area contributed by atoms with Crippen molar-refractivity contribution in [2.45, 2.75) is 26.1 Å². The Bertz CT molecular complexity index is 137. The Morgan fingerprint density at radius 2 is 1.00 bits per heavy atom. The Labute approximate surface area is 85.7 Å². The van der Waals surface area contributed by atoms with Gasteiger partial charge in [-0.2, -0.15) is 0 Å². The van der Waals surface area contributed by atoms with Crippen molar-refractivity contribution < 1.29 is 30.0 Å². The second-order valence-electron chi connectivity index (χ2n) is 2.03. The number of carboxylic acid groups (broad SMARTS) is 2. The van der Waals surface area contributed by atoms with E-state index in [0.717, 1.165) is 0 Å². The van der Waals surface area contributed by atoms with Crippen molar-refractivity contribution in [3.8, 4) is 0 Å². The molecule has 0 aromatic carbocycles. The maximum atomic E-state index is 9.45. The molecule has 2 radical (unpaired) electrons. The average Bonchev–Trinajstić information content (AvgIpc) is 1.88. The molecule has 0 aromatic heterocycles. The molecule has 2 atom stereocenters. The largest absolute Gasteiger partial charge is 0.479 e. The van der Waals surface area contributed by atoms with Crippen LogP contribution in [-0.2, 0) is 9.59 Å². The molecule has 0 amide bonds. The number of carboxylic acids is 2. The van der Waals surface area contributed by atoms with Gasteiger partial charge in [0.1, 0.15) is 12.2 Å². The molecular weight excluding hydrogens is 247 g/mol. The second kappa shape index (κ2) is 9.47. The van der Waals surface area contributed by atoms with Gasteiger partial charge in [0.25, 0.3) is 0 Å². The fourth-order valence-corrected chi connectivity index (χ4v) is 0. The molecule has 0 aliphatic carbocycles. The summed E-state index contributed by atoms with van der Waals surface area (Å²) >= 11 is 0. The molecule has 0 saturated carbocycles. The summed E-state index contributed by atoms with van der Waals surface area (Å²) in [5.41, 5.74) is 0. The molecule has 78 valence electrons. The predicted molar refractivity (Wildman–Crippen MR) is 44.4 cm³/mol. The van der Waals surface area contributed by atoms with E-state index in [1.807, 2.05) is 0 Å². The van der Waals surface area contributed by atoms with Crippen molar-refractivity contribution in [2.75, 3.05) is 0 Å². The van der Waals surface area contributed by atoms with Gasteiger partial charge in [0.05, 0.1) is 0 Å². The summed E-state index contributed by atoms with van der Waals surface area (Å²) in [6.07, 6.45) is -2.46. The van der Waals surface area contributed by atoms with Crippen molar-refractivity contribution in [3.63, 3.8) is 0 Å². The maximum Gasteiger partial charge on any atom is 0.332 e. The average molecular weight is 259 g/mol. The molecule has 0 saturated heterocycles. The Kier molecular flexibility index (Phi) is 13.3. The molecule has 13 heavy (non-hydrogen) atoms. The van der Waals surface area contributed by atoms with E-state index in [2.05, 4.69) is 0 Å². The van der Waals surface area contributed by atoms with Crippen LogP contribution in [0.15, 0.2) is 0 Å². The summed E-state index contributed by atoms with van der Waals surface area (Å²) in [4.78, 5) is 18.9. The van der Waals surface area contributed by atoms with E-state index >= 15 is 0 Å². The Balaban J connectivity index is -0.000000143. The van der Waals surface area contributed by atoms with Gasteiger partial charge < -0.3 is 20.4 Å². The Morgan fingerprint density at radius 3 is 1.00 bits per heavy atom. The van der Waals surface area contributed by atoms with Crippen LogP contribution in [0.3, 0.4) is 0 Å². The van der Waals surface area contributed by atoms with E-state index < -0.39 is 24.1 Å². The van der Waals surface area contributed by atoms with Crippen molar-refractivity contribution in [2.24, 2.45) is 0 Å². The van der Waals surface area contributed by atoms with Gasteiger partial charge in [0.2, 0.25) is 0 Å². The smallest absolute Gasteiger partial charge is 0.332 e. The molecule has 0 rings (SSSR count). The first-order chi connectivity index (χ1) is 5.29. The van der Waals surface area contributed by atoms with Gasteiger partial charge in [0, 0.05) is 17.1 Å². The molecule has 0 heterocycles. The second-order valence-corrected chi connectivity index (χ2v) is 2.03. The van der Waals surface area contributed by atoms with Gasteiger partial charge in [-0.1, -0.05) is 0 Å². The number of carbonyl (C=O) groups is 2. The summed E-state index contributed by atoms with van der Waals surface area (Å²) < 4.78 is 0. The van der Waals surface area contributed by atoms with E-state index in [0.29, 0.717) is 0 Å². The van der Waals surface area contributed by atoms with Crippen LogP contribution in [0.1, 0.15) is 13.8 Å². The number of aliphatic hydroxyl groups is 2. The van der Waals surface area contributed by atoms with E-state index in [1.165, 1.54) is 13.8 Å². The van der Waals surface area contributed by atoms with Crippen molar-refractivity contribution in [1.29, 1.82) is 0 Å². The molecule has 0 aromatic rings. The number of aliphatic carboxylic acids is 2. The van der Waals surface area contributed by atoms with Crippen LogP contribution in [0, 0.1) is 0 Å². The van der Waals surface area contributed by atoms with Crippen LogP contribution < -0.4 is 0 Å². The summed E-state index contributed by atoms with van der Waals surface area (Å²) in [5.74, 6) is -2.37. The fourth-order valence-electron chi connectivity index (χ4n) is 0. The topological polar surface area (TPSA) is 115 Å². The first-order valence-electron chi connectivity index (χ1n) is 3.10. The minimum Gasteiger partial charge on any atom is -0.479 e. The first-order valence-corrected chi connectivity index (χ1v) is 3.10. The summed E-state index contributed by atoms with van der Waals surface area (Å²) in [5, 5.41) is 31.5. The van der Waals surface area contributed by atoms with E-state index in [-0.39, 0.29) is 17.1 Å². The summed E-state index contributed by atoms with van der Waals surface area (Å²) in [7, 11) is 0. The van der Waals surface area contributed by atoms with E-state index in [9.17, 15) is 9.59 Å². The third kappa shape index (κ3) is 18.4. The van der Waals surface area contributed by atoms with Gasteiger partial charge in [-0.15, -0.1) is 0 Å². The Hall–Kier alpha value is -0.621. The summed E-state index contributed by atoms with van der Waals surface area (Å²) in [6.45, 7) is 2.39. The van der Waals surface area contributed by atoms with Crippen LogP contribution in [0.4, 0.5) is 0 Å². The van der Waals surface area contributed by atoms with E-state index in [4.69, 9.17) is 20.4 Å². The standard InChI is InChI=1S/2C3H6O3.Se/c2*1-2(4)3(5)6;/h2*2,4H,1H3,(H,5,6);. The fraction of sp³-hybridized carbons (Fsp3) is 0.667. The molecule has 0 fully saturated rings. The predicted octanol–water partition coefficient (Wildman–Crippen LogP) is -1.48. The first kappa shape index (κ1) is 18.2. The molecule has 0 spiro atoms. The quantitative estimate of drug-likeness (QED) is 0.450. The van der Waals surface area contributed by atoms with Crippen molar-refractivity contribution in [3.05, 3.63) is 0 Å². The van der Waals surface area contributed by atoms with Crippen molar-refractivity contribution in [1.82, 2.24) is 0 Å². The maximum absolute atomic E-state index is 9.45. The molecule has 0 bridgehead atoms. The van der Waals surface area contributed by atoms with Gasteiger partial charge >= 0.3 is 11.9 Å². The molecule has 4 N–H and O–H groups in total. The molecule has 0 aliphatic rings. The van der Waals surface area contributed by atoms with E-state index in [1.54, 1.807) is 0 Å². The number of rotatable bonds is 2. The minimum atomic E-state index is -1.23. The molecule has 0 aliphatic heterocycles. The molecular formula is C6H12O6Se. The number of aliphatic hydroxyl groups excluding tert-OH is 2. The third-order valence-corrected chi connectivity index (χ3v) is 0.715. The molecule has 2 unspecified atom stereocenters. The van der Waals surface area contributed by atoms with Crippen LogP contribution >= 0.6 is 0 Å². The van der Waals surface area contributed by atoms with Crippen LogP contribution in [0.25, 0.3) is 0 Å². The number of hydrogen-bond acceptors (Lipinski definition) is 4. The van der Waals surface area contributed by atoms with Crippen LogP contribution in [0.2, 0.25) is 0 Å². The zero-order valence-corrected chi connectivity index (χ0v) is 8.88. The minimum absolute atomic E-state index is 0. The zero-order valence-electron chi connectivity index (χ0n) is 7.17. The summed E-state index contributed by atoms with van der Waals surface area (Å²) in [6, 6.07) is 0. The Morgan fingerprint density at radius 1 is 0.923 bits per heavy atom. The normalized spacial score (nSPS) is 12.6. The SMILES string of the molecule is CC(O)C(=O)O.CC(O)C(=O)O.[Se]. The van der Waals surface area contributed by atoms with Gasteiger partial charge in [-0.25, -0.2) is 9.59 Å². The van der Waals surface area contributed by atoms with Gasteiger partial charge in [0.15, 0.2) is 0 Å². The number of hydrogen-bond donors (Lipinski definition) is 4. The van der Waals surface area contributed by atoms with Gasteiger partial charge in [-0.05, 0) is 13.8 Å². The van der Waals surface area contributed by atoms with Crippen LogP contribution in [-0.4, -0.2) is 61.6 Å². The molecule has 7 heteroatoms. The monoisotopic (exact) mass is 260 g/mol. The van der Waals surface area contributed by atoms with Gasteiger partial charge in [-0.3, -0.25) is 0 Å². The van der Waals surface area contributed by atoms with Crippen LogP contribution in [0.5, 0.6) is 0 Å². The van der Waals surface area contributed by atoms with Crippen molar-refractivity contribution >= 4 is 29.0 Å². The molecule has 6 nitrogen and oxygen atoms in total. The zero-order chi connectivity index (χ0) is 10.3.